The van der Waals surface area contributed by atoms with Crippen LogP contribution in [0.1, 0.15) is 0 Å². The Bertz CT molecular complexity index is 418. The van der Waals surface area contributed by atoms with Gasteiger partial charge in [0.05, 0.1) is 0 Å². The van der Waals surface area contributed by atoms with Gasteiger partial charge in [0.15, 0.2) is 0 Å². The van der Waals surface area contributed by atoms with Gasteiger partial charge in [-0.2, -0.15) is 0 Å². The lowest BCUT2D eigenvalue weighted by molar-refractivity contribution is 0.236. The Balaban J connectivity index is 2.39. The van der Waals surface area contributed by atoms with E-state index in [4.69, 9.17) is 0 Å². The number of aromatic nitrogens is 8. The highest BCUT2D eigenvalue weighted by molar-refractivity contribution is 9.10. The second-order valence-corrected chi connectivity index (χ2v) is 2.61. The van der Waals surface area contributed by atoms with Crippen LogP contribution in [-0.2, 0) is 0 Å². The highest BCUT2D eigenvalue weighted by Gasteiger charge is 2.14. The lowest BCUT2D eigenvalue weighted by atomic mass is 10.9. The van der Waals surface area contributed by atoms with Crippen LogP contribution in [0.5, 0.6) is 0 Å². The van der Waals surface area contributed by atoms with Crippen molar-refractivity contribution in [2.45, 2.75) is 0 Å². The Kier molecular flexibility index (Phi) is 1.81. The zero-order valence-corrected chi connectivity index (χ0v) is 7.53. The third-order valence-corrected chi connectivity index (χ3v) is 1.65. The molecule has 0 radical (unpaired) electrons. The summed E-state index contributed by atoms with van der Waals surface area (Å²) in [4.78, 5) is 11.4. The summed E-state index contributed by atoms with van der Waals surface area (Å²) in [6.07, 6.45) is 1.15. The van der Waals surface area contributed by atoms with Crippen molar-refractivity contribution in [2.24, 2.45) is 0 Å². The SMILES string of the molecule is O=C(n1cnnn1)n1nnnc1Br. The van der Waals surface area contributed by atoms with Gasteiger partial charge in [-0.25, -0.2) is 4.79 Å². The van der Waals surface area contributed by atoms with Crippen molar-refractivity contribution in [1.82, 2.24) is 40.4 Å². The Morgan fingerprint density at radius 2 is 2.23 bits per heavy atom. The van der Waals surface area contributed by atoms with Gasteiger partial charge in [-0.3, -0.25) is 0 Å². The molecule has 2 aromatic rings. The van der Waals surface area contributed by atoms with Crippen LogP contribution in [0, 0.1) is 0 Å². The molecule has 0 aliphatic rings. The van der Waals surface area contributed by atoms with Crippen LogP contribution < -0.4 is 0 Å². The average Bonchev–Trinajstić information content (AvgIpc) is 2.72. The van der Waals surface area contributed by atoms with Gasteiger partial charge in [-0.05, 0) is 36.8 Å². The molecule has 0 aliphatic heterocycles. The number of hydrogen-bond donors (Lipinski definition) is 0. The number of nitrogens with zero attached hydrogens (tertiary/aromatic N) is 8. The summed E-state index contributed by atoms with van der Waals surface area (Å²) < 4.78 is 2.00. The molecule has 0 saturated carbocycles. The van der Waals surface area contributed by atoms with Gasteiger partial charge in [-0.15, -0.1) is 19.6 Å². The first-order valence-electron chi connectivity index (χ1n) is 3.00. The normalized spacial score (nSPS) is 10.2. The summed E-state index contributed by atoms with van der Waals surface area (Å²) in [5.74, 6) is 0. The monoisotopic (exact) mass is 244 g/mol. The molecule has 2 heterocycles. The smallest absolute Gasteiger partial charge is 0.243 e. The Morgan fingerprint density at radius 1 is 1.38 bits per heavy atom. The van der Waals surface area contributed by atoms with E-state index in [-0.39, 0.29) is 4.73 Å². The van der Waals surface area contributed by atoms with Crippen LogP contribution in [0.2, 0.25) is 0 Å². The molecule has 0 bridgehead atoms. The fourth-order valence-electron chi connectivity index (χ4n) is 0.639. The van der Waals surface area contributed by atoms with Crippen LogP contribution in [0.25, 0.3) is 0 Å². The molecule has 0 atom stereocenters. The summed E-state index contributed by atoms with van der Waals surface area (Å²) in [5.41, 5.74) is 0. The van der Waals surface area contributed by atoms with Gasteiger partial charge in [0.1, 0.15) is 6.33 Å². The van der Waals surface area contributed by atoms with Crippen molar-refractivity contribution in [2.75, 3.05) is 0 Å². The number of carbonyl (C=O) groups is 1. The minimum atomic E-state index is -0.568. The van der Waals surface area contributed by atoms with E-state index in [9.17, 15) is 4.79 Å². The van der Waals surface area contributed by atoms with Crippen LogP contribution in [-0.4, -0.2) is 46.4 Å². The maximum Gasteiger partial charge on any atom is 0.376 e. The van der Waals surface area contributed by atoms with Crippen LogP contribution in [0.15, 0.2) is 11.1 Å². The molecular weight excluding hydrogens is 244 g/mol. The molecule has 0 amide bonds. The maximum absolute atomic E-state index is 11.4. The Hall–Kier alpha value is -1.71. The third kappa shape index (κ3) is 1.30. The zero-order valence-electron chi connectivity index (χ0n) is 5.94. The lowest BCUT2D eigenvalue weighted by Gasteiger charge is -1.95. The predicted molar refractivity (Wildman–Crippen MR) is 39.5 cm³/mol. The molecule has 0 aromatic carbocycles. The number of tetrazole rings is 2. The number of halogens is 1. The van der Waals surface area contributed by atoms with Crippen molar-refractivity contribution in [1.29, 1.82) is 0 Å². The van der Waals surface area contributed by atoms with E-state index >= 15 is 0 Å². The lowest BCUT2D eigenvalue weighted by Crippen LogP contribution is -2.21. The van der Waals surface area contributed by atoms with E-state index in [1.165, 1.54) is 0 Å². The minimum Gasteiger partial charge on any atom is -0.243 e. The topological polar surface area (TPSA) is 104 Å². The van der Waals surface area contributed by atoms with E-state index in [0.29, 0.717) is 0 Å². The molecule has 2 aromatic heterocycles. The fourth-order valence-corrected chi connectivity index (χ4v) is 0.933. The molecule has 0 spiro atoms. The van der Waals surface area contributed by atoms with Crippen molar-refractivity contribution in [3.63, 3.8) is 0 Å². The molecule has 0 aliphatic carbocycles. The van der Waals surface area contributed by atoms with Crippen molar-refractivity contribution in [3.05, 3.63) is 11.1 Å². The summed E-state index contributed by atoms with van der Waals surface area (Å²) in [6.45, 7) is 0. The summed E-state index contributed by atoms with van der Waals surface area (Å²) in [5, 5.41) is 20.1. The minimum absolute atomic E-state index is 0.188. The molecule has 0 fully saturated rings. The third-order valence-electron chi connectivity index (χ3n) is 1.16. The van der Waals surface area contributed by atoms with E-state index in [1.807, 2.05) is 0 Å². The quantitative estimate of drug-likeness (QED) is 0.544. The summed E-state index contributed by atoms with van der Waals surface area (Å²) in [6, 6.07) is -0.568. The predicted octanol–water partition coefficient (Wildman–Crippen LogP) is -1.06. The summed E-state index contributed by atoms with van der Waals surface area (Å²) in [7, 11) is 0. The zero-order chi connectivity index (χ0) is 9.26. The Morgan fingerprint density at radius 3 is 2.77 bits per heavy atom. The summed E-state index contributed by atoms with van der Waals surface area (Å²) >= 11 is 2.98. The van der Waals surface area contributed by atoms with Gasteiger partial charge in [0.2, 0.25) is 4.73 Å². The van der Waals surface area contributed by atoms with Crippen molar-refractivity contribution < 1.29 is 4.79 Å². The molecule has 10 heteroatoms. The van der Waals surface area contributed by atoms with E-state index in [0.717, 1.165) is 15.7 Å². The van der Waals surface area contributed by atoms with Gasteiger partial charge < -0.3 is 0 Å². The molecule has 0 unspecified atom stereocenters. The molecular formula is C3HBrN8O. The van der Waals surface area contributed by atoms with E-state index < -0.39 is 6.03 Å². The first-order valence-corrected chi connectivity index (χ1v) is 3.80. The first kappa shape index (κ1) is 7.91. The van der Waals surface area contributed by atoms with E-state index in [1.54, 1.807) is 0 Å². The van der Waals surface area contributed by atoms with Crippen molar-refractivity contribution in [3.8, 4) is 0 Å². The molecule has 0 saturated heterocycles. The fraction of sp³-hybridized carbons (Fsp3) is 0. The Labute approximate surface area is 78.8 Å². The highest BCUT2D eigenvalue weighted by atomic mass is 79.9. The van der Waals surface area contributed by atoms with Crippen molar-refractivity contribution >= 4 is 22.0 Å². The largest absolute Gasteiger partial charge is 0.376 e. The van der Waals surface area contributed by atoms with Gasteiger partial charge in [-0.1, -0.05) is 0 Å². The van der Waals surface area contributed by atoms with E-state index in [2.05, 4.69) is 47.0 Å². The maximum atomic E-state index is 11.4. The molecule has 2 rings (SSSR count). The molecule has 13 heavy (non-hydrogen) atoms. The first-order chi connectivity index (χ1) is 6.29. The standard InChI is InChI=1S/C3HBrN8O/c4-2-6-8-10-12(2)3(13)11-1-5-7-9-11/h1H. The highest BCUT2D eigenvalue weighted by Crippen LogP contribution is 2.01. The molecule has 66 valence electrons. The number of rotatable bonds is 0. The molecule has 9 nitrogen and oxygen atoms in total. The molecule has 0 N–H and O–H groups in total. The van der Waals surface area contributed by atoms with Crippen LogP contribution in [0.3, 0.4) is 0 Å². The van der Waals surface area contributed by atoms with Gasteiger partial charge in [0.25, 0.3) is 0 Å². The number of hydrogen-bond acceptors (Lipinski definition) is 7. The second kappa shape index (κ2) is 2.97. The van der Waals surface area contributed by atoms with Gasteiger partial charge in [0, 0.05) is 0 Å². The van der Waals surface area contributed by atoms with Crippen LogP contribution >= 0.6 is 15.9 Å². The van der Waals surface area contributed by atoms with Gasteiger partial charge >= 0.3 is 6.03 Å². The average molecular weight is 245 g/mol. The second-order valence-electron chi connectivity index (χ2n) is 1.90. The van der Waals surface area contributed by atoms with Crippen LogP contribution in [0.4, 0.5) is 4.79 Å². The number of carbonyl (C=O) groups excluding carboxylic acids is 1.